The standard InChI is InChI=1S/C16H16N2O4.C7H8O3S/c17-15(10-12-4-2-1-3-5-12)16(19)22-11-13-6-8-14(9-7-13)18(20)21;1-6-2-4-7(5-3-6)11(8,9)10/h1-9,15H,10-11,17H2;2-5H,1H3,(H,8,9,10). The Balaban J connectivity index is 0.000000294. The van der Waals surface area contributed by atoms with Gasteiger partial charge in [-0.2, -0.15) is 8.42 Å². The van der Waals surface area contributed by atoms with Gasteiger partial charge in [0.05, 0.1) is 9.82 Å². The number of esters is 1. The van der Waals surface area contributed by atoms with Crippen LogP contribution in [0.3, 0.4) is 0 Å². The van der Waals surface area contributed by atoms with Crippen LogP contribution in [0.1, 0.15) is 16.7 Å². The maximum absolute atomic E-state index is 11.8. The van der Waals surface area contributed by atoms with Crippen molar-refractivity contribution >= 4 is 21.8 Å². The lowest BCUT2D eigenvalue weighted by Crippen LogP contribution is -2.34. The molecule has 3 N–H and O–H groups in total. The lowest BCUT2D eigenvalue weighted by molar-refractivity contribution is -0.384. The van der Waals surface area contributed by atoms with Crippen molar-refractivity contribution < 1.29 is 27.4 Å². The number of nitrogens with two attached hydrogens (primary N) is 1. The lowest BCUT2D eigenvalue weighted by atomic mass is 10.1. The first-order valence-electron chi connectivity index (χ1n) is 9.80. The Bertz CT molecular complexity index is 1160. The highest BCUT2D eigenvalue weighted by Gasteiger charge is 2.16. The third kappa shape index (κ3) is 8.81. The molecule has 0 fully saturated rings. The summed E-state index contributed by atoms with van der Waals surface area (Å²) in [5.41, 5.74) is 8.40. The van der Waals surface area contributed by atoms with Gasteiger partial charge in [0.1, 0.15) is 12.6 Å². The zero-order valence-electron chi connectivity index (χ0n) is 17.8. The van der Waals surface area contributed by atoms with Crippen molar-refractivity contribution in [2.45, 2.75) is 30.9 Å². The third-order valence-electron chi connectivity index (χ3n) is 4.45. The molecule has 0 spiro atoms. The van der Waals surface area contributed by atoms with Crippen LogP contribution >= 0.6 is 0 Å². The van der Waals surface area contributed by atoms with Gasteiger partial charge in [0.2, 0.25) is 0 Å². The predicted molar refractivity (Wildman–Crippen MR) is 122 cm³/mol. The molecule has 0 saturated heterocycles. The SMILES string of the molecule is Cc1ccc(S(=O)(=O)O)cc1.NC(Cc1ccccc1)C(=O)OCc1ccc([N+](=O)[O-])cc1. The largest absolute Gasteiger partial charge is 0.460 e. The molecule has 1 unspecified atom stereocenters. The van der Waals surface area contributed by atoms with E-state index in [1.165, 1.54) is 24.3 Å². The number of non-ortho nitro benzene ring substituents is 1. The molecule has 0 radical (unpaired) electrons. The number of nitrogens with zero attached hydrogens (tertiary/aromatic N) is 1. The van der Waals surface area contributed by atoms with E-state index >= 15 is 0 Å². The fourth-order valence-corrected chi connectivity index (χ4v) is 3.12. The molecule has 0 bridgehead atoms. The monoisotopic (exact) mass is 472 g/mol. The van der Waals surface area contributed by atoms with E-state index in [-0.39, 0.29) is 17.2 Å². The highest BCUT2D eigenvalue weighted by molar-refractivity contribution is 7.85. The van der Waals surface area contributed by atoms with Crippen LogP contribution in [0, 0.1) is 17.0 Å². The van der Waals surface area contributed by atoms with E-state index in [0.29, 0.717) is 12.0 Å². The predicted octanol–water partition coefficient (Wildman–Crippen LogP) is 3.45. The van der Waals surface area contributed by atoms with Gasteiger partial charge in [0.15, 0.2) is 0 Å². The zero-order valence-corrected chi connectivity index (χ0v) is 18.6. The Labute approximate surface area is 191 Å². The Morgan fingerprint density at radius 2 is 1.58 bits per heavy atom. The molecule has 3 rings (SSSR count). The minimum absolute atomic E-state index is 0.00384. The summed E-state index contributed by atoms with van der Waals surface area (Å²) in [7, 11) is -4.02. The van der Waals surface area contributed by atoms with Crippen LogP contribution in [0.5, 0.6) is 0 Å². The van der Waals surface area contributed by atoms with Crippen LogP contribution in [0.2, 0.25) is 0 Å². The minimum atomic E-state index is -4.02. The first-order chi connectivity index (χ1) is 15.6. The first kappa shape index (κ1) is 25.7. The van der Waals surface area contributed by atoms with Crippen molar-refractivity contribution in [1.82, 2.24) is 0 Å². The van der Waals surface area contributed by atoms with Crippen LogP contribution in [0.25, 0.3) is 0 Å². The summed E-state index contributed by atoms with van der Waals surface area (Å²) in [6, 6.07) is 20.5. The van der Waals surface area contributed by atoms with E-state index in [0.717, 1.165) is 11.1 Å². The number of benzene rings is 3. The summed E-state index contributed by atoms with van der Waals surface area (Å²) in [5, 5.41) is 10.5. The molecule has 3 aromatic carbocycles. The number of nitro benzene ring substituents is 1. The molecule has 1 atom stereocenters. The average Bonchev–Trinajstić information content (AvgIpc) is 2.78. The number of nitro groups is 1. The number of rotatable bonds is 7. The number of ether oxygens (including phenoxy) is 1. The summed E-state index contributed by atoms with van der Waals surface area (Å²) >= 11 is 0. The summed E-state index contributed by atoms with van der Waals surface area (Å²) in [4.78, 5) is 21.8. The van der Waals surface area contributed by atoms with Crippen molar-refractivity contribution in [3.8, 4) is 0 Å². The molecule has 0 aromatic heterocycles. The maximum Gasteiger partial charge on any atom is 0.323 e. The Hall–Kier alpha value is -3.60. The molecule has 0 saturated carbocycles. The number of aryl methyl sites for hydroxylation is 1. The van der Waals surface area contributed by atoms with Gasteiger partial charge in [-0.3, -0.25) is 19.5 Å². The second-order valence-electron chi connectivity index (χ2n) is 7.12. The fraction of sp³-hybridized carbons (Fsp3) is 0.174. The quantitative estimate of drug-likeness (QED) is 0.230. The summed E-state index contributed by atoms with van der Waals surface area (Å²) in [6.07, 6.45) is 0.403. The summed E-state index contributed by atoms with van der Waals surface area (Å²) in [6.45, 7) is 1.88. The average molecular weight is 473 g/mol. The normalized spacial score (nSPS) is 11.6. The molecule has 9 nitrogen and oxygen atoms in total. The number of hydrogen-bond acceptors (Lipinski definition) is 7. The Morgan fingerprint density at radius 3 is 2.09 bits per heavy atom. The third-order valence-corrected chi connectivity index (χ3v) is 5.32. The van der Waals surface area contributed by atoms with Crippen LogP contribution in [-0.4, -0.2) is 29.9 Å². The maximum atomic E-state index is 11.8. The first-order valence-corrected chi connectivity index (χ1v) is 11.2. The zero-order chi connectivity index (χ0) is 24.4. The summed E-state index contributed by atoms with van der Waals surface area (Å²) in [5.74, 6) is -0.498. The van der Waals surface area contributed by atoms with Gasteiger partial charge in [-0.05, 0) is 48.7 Å². The van der Waals surface area contributed by atoms with Crippen molar-refractivity contribution in [3.05, 3.63) is 106 Å². The molecule has 33 heavy (non-hydrogen) atoms. The van der Waals surface area contributed by atoms with E-state index in [9.17, 15) is 23.3 Å². The number of carbonyl (C=O) groups is 1. The fourth-order valence-electron chi connectivity index (χ4n) is 2.64. The minimum Gasteiger partial charge on any atom is -0.460 e. The lowest BCUT2D eigenvalue weighted by Gasteiger charge is -2.11. The van der Waals surface area contributed by atoms with E-state index in [2.05, 4.69) is 0 Å². The Morgan fingerprint density at radius 1 is 1.00 bits per heavy atom. The topological polar surface area (TPSA) is 150 Å². The number of hydrogen-bond donors (Lipinski definition) is 2. The highest BCUT2D eigenvalue weighted by atomic mass is 32.2. The van der Waals surface area contributed by atoms with Gasteiger partial charge >= 0.3 is 5.97 Å². The van der Waals surface area contributed by atoms with Crippen molar-refractivity contribution in [1.29, 1.82) is 0 Å². The van der Waals surface area contributed by atoms with Crippen LogP contribution in [0.4, 0.5) is 5.69 Å². The van der Waals surface area contributed by atoms with Crippen molar-refractivity contribution in [3.63, 3.8) is 0 Å². The van der Waals surface area contributed by atoms with Gasteiger partial charge in [0.25, 0.3) is 15.8 Å². The van der Waals surface area contributed by atoms with E-state index < -0.39 is 27.1 Å². The van der Waals surface area contributed by atoms with Crippen LogP contribution < -0.4 is 5.73 Å². The van der Waals surface area contributed by atoms with Gasteiger partial charge in [-0.25, -0.2) is 0 Å². The van der Waals surface area contributed by atoms with Crippen molar-refractivity contribution in [2.75, 3.05) is 0 Å². The van der Waals surface area contributed by atoms with Gasteiger partial charge < -0.3 is 10.5 Å². The molecule has 0 aliphatic rings. The highest BCUT2D eigenvalue weighted by Crippen LogP contribution is 2.13. The summed E-state index contributed by atoms with van der Waals surface area (Å²) < 4.78 is 34.7. The molecule has 0 heterocycles. The van der Waals surface area contributed by atoms with Gasteiger partial charge in [0, 0.05) is 12.1 Å². The molecule has 3 aromatic rings. The Kier molecular flexibility index (Phi) is 9.22. The van der Waals surface area contributed by atoms with Gasteiger partial charge in [-0.1, -0.05) is 48.0 Å². The van der Waals surface area contributed by atoms with E-state index in [4.69, 9.17) is 15.0 Å². The van der Waals surface area contributed by atoms with E-state index in [1.54, 1.807) is 24.3 Å². The van der Waals surface area contributed by atoms with E-state index in [1.807, 2.05) is 37.3 Å². The molecular weight excluding hydrogens is 448 g/mol. The van der Waals surface area contributed by atoms with Crippen LogP contribution in [-0.2, 0) is 32.7 Å². The second kappa shape index (κ2) is 11.9. The van der Waals surface area contributed by atoms with Crippen molar-refractivity contribution in [2.24, 2.45) is 5.73 Å². The van der Waals surface area contributed by atoms with Crippen LogP contribution in [0.15, 0.2) is 83.8 Å². The molecule has 0 aliphatic heterocycles. The molecular formula is C23H24N2O7S. The molecule has 0 aliphatic carbocycles. The second-order valence-corrected chi connectivity index (χ2v) is 8.54. The molecule has 174 valence electrons. The smallest absolute Gasteiger partial charge is 0.323 e. The molecule has 10 heteroatoms. The number of carbonyl (C=O) groups excluding carboxylic acids is 1. The molecule has 0 amide bonds. The van der Waals surface area contributed by atoms with Gasteiger partial charge in [-0.15, -0.1) is 0 Å².